The van der Waals surface area contributed by atoms with Crippen molar-refractivity contribution in [3.63, 3.8) is 0 Å². The quantitative estimate of drug-likeness (QED) is 0.867. The van der Waals surface area contributed by atoms with E-state index >= 15 is 0 Å². The topological polar surface area (TPSA) is 41.1 Å². The Hall–Kier alpha value is -0.580. The van der Waals surface area contributed by atoms with E-state index in [-0.39, 0.29) is 23.7 Å². The maximum atomic E-state index is 12.1. The number of halogens is 2. The molecule has 1 aliphatic rings. The zero-order valence-electron chi connectivity index (χ0n) is 12.0. The Balaban J connectivity index is 0.00000200. The Morgan fingerprint density at radius 1 is 1.50 bits per heavy atom. The van der Waals surface area contributed by atoms with E-state index in [0.29, 0.717) is 0 Å². The van der Waals surface area contributed by atoms with Crippen LogP contribution in [0.5, 0.6) is 0 Å². The van der Waals surface area contributed by atoms with Crippen molar-refractivity contribution in [3.05, 3.63) is 33.8 Å². The molecular formula is C15H22BrClN2O. The first kappa shape index (κ1) is 17.5. The van der Waals surface area contributed by atoms with Crippen molar-refractivity contribution in [3.8, 4) is 0 Å². The second-order valence-electron chi connectivity index (χ2n) is 5.74. The molecule has 3 nitrogen and oxygen atoms in total. The number of amides is 1. The Morgan fingerprint density at radius 3 is 2.85 bits per heavy atom. The van der Waals surface area contributed by atoms with Crippen LogP contribution in [0.4, 0.5) is 0 Å². The largest absolute Gasteiger partial charge is 0.351 e. The van der Waals surface area contributed by atoms with Crippen LogP contribution in [0.2, 0.25) is 0 Å². The fraction of sp³-hybridized carbons (Fsp3) is 0.533. The van der Waals surface area contributed by atoms with E-state index in [1.165, 1.54) is 12.8 Å². The minimum absolute atomic E-state index is 0. The first-order valence-electron chi connectivity index (χ1n) is 6.75. The van der Waals surface area contributed by atoms with Gasteiger partial charge in [0.25, 0.3) is 5.91 Å². The van der Waals surface area contributed by atoms with Crippen LogP contribution < -0.4 is 10.6 Å². The van der Waals surface area contributed by atoms with E-state index < -0.39 is 0 Å². The van der Waals surface area contributed by atoms with Gasteiger partial charge in [0.2, 0.25) is 0 Å². The summed E-state index contributed by atoms with van der Waals surface area (Å²) in [5.74, 6) is 0.0161. The predicted molar refractivity (Wildman–Crippen MR) is 88.7 cm³/mol. The van der Waals surface area contributed by atoms with Crippen molar-refractivity contribution >= 4 is 34.2 Å². The third-order valence-corrected chi connectivity index (χ3v) is 4.67. The van der Waals surface area contributed by atoms with Crippen molar-refractivity contribution in [2.24, 2.45) is 5.41 Å². The highest BCUT2D eigenvalue weighted by atomic mass is 79.9. The lowest BCUT2D eigenvalue weighted by atomic mass is 9.83. The number of nitrogens with one attached hydrogen (secondary N) is 2. The molecule has 112 valence electrons. The van der Waals surface area contributed by atoms with Crippen molar-refractivity contribution in [2.75, 3.05) is 19.6 Å². The van der Waals surface area contributed by atoms with Crippen LogP contribution in [0, 0.1) is 12.3 Å². The van der Waals surface area contributed by atoms with Gasteiger partial charge in [-0.2, -0.15) is 0 Å². The lowest BCUT2D eigenvalue weighted by Crippen LogP contribution is -2.45. The molecule has 1 amide bonds. The van der Waals surface area contributed by atoms with Crippen LogP contribution in [-0.2, 0) is 0 Å². The van der Waals surface area contributed by atoms with Gasteiger partial charge in [0, 0.05) is 23.1 Å². The lowest BCUT2D eigenvalue weighted by molar-refractivity contribution is 0.0924. The number of carbonyl (C=O) groups is 1. The Kier molecular flexibility index (Phi) is 6.49. The molecule has 0 saturated carbocycles. The first-order valence-corrected chi connectivity index (χ1v) is 7.55. The number of aryl methyl sites for hydroxylation is 1. The van der Waals surface area contributed by atoms with Gasteiger partial charge in [0.05, 0.1) is 0 Å². The molecule has 1 fully saturated rings. The average Bonchev–Trinajstić information content (AvgIpc) is 2.40. The summed E-state index contributed by atoms with van der Waals surface area (Å²) in [5, 5.41) is 6.46. The van der Waals surface area contributed by atoms with Crippen LogP contribution in [0.3, 0.4) is 0 Å². The van der Waals surface area contributed by atoms with E-state index in [4.69, 9.17) is 0 Å². The Bertz CT molecular complexity index is 473. The molecule has 0 spiro atoms. The third kappa shape index (κ3) is 4.47. The fourth-order valence-corrected chi connectivity index (χ4v) is 2.70. The van der Waals surface area contributed by atoms with Gasteiger partial charge in [-0.3, -0.25) is 4.79 Å². The molecule has 5 heteroatoms. The molecule has 1 aromatic carbocycles. The van der Waals surface area contributed by atoms with E-state index in [0.717, 1.165) is 35.2 Å². The first-order chi connectivity index (χ1) is 9.00. The van der Waals surface area contributed by atoms with Gasteiger partial charge < -0.3 is 10.6 Å². The van der Waals surface area contributed by atoms with Gasteiger partial charge in [-0.1, -0.05) is 22.9 Å². The molecule has 1 saturated heterocycles. The van der Waals surface area contributed by atoms with Crippen molar-refractivity contribution in [1.29, 1.82) is 0 Å². The summed E-state index contributed by atoms with van der Waals surface area (Å²) in [4.78, 5) is 12.1. The molecule has 0 radical (unpaired) electrons. The highest BCUT2D eigenvalue weighted by Crippen LogP contribution is 2.24. The second-order valence-corrected chi connectivity index (χ2v) is 6.59. The normalized spacial score (nSPS) is 21.9. The monoisotopic (exact) mass is 360 g/mol. The van der Waals surface area contributed by atoms with E-state index in [9.17, 15) is 4.79 Å². The Morgan fingerprint density at radius 2 is 2.25 bits per heavy atom. The molecule has 0 aromatic heterocycles. The van der Waals surface area contributed by atoms with E-state index in [2.05, 4.69) is 33.5 Å². The summed E-state index contributed by atoms with van der Waals surface area (Å²) >= 11 is 3.45. The molecule has 20 heavy (non-hydrogen) atoms. The predicted octanol–water partition coefficient (Wildman–Crippen LogP) is 3.30. The van der Waals surface area contributed by atoms with Crippen molar-refractivity contribution < 1.29 is 4.79 Å². The average molecular weight is 362 g/mol. The van der Waals surface area contributed by atoms with Gasteiger partial charge in [-0.15, -0.1) is 12.4 Å². The molecular weight excluding hydrogens is 340 g/mol. The van der Waals surface area contributed by atoms with Gasteiger partial charge in [0.1, 0.15) is 0 Å². The number of carbonyl (C=O) groups excluding carboxylic acids is 1. The molecule has 2 N–H and O–H groups in total. The fourth-order valence-electron chi connectivity index (χ4n) is 2.45. The smallest absolute Gasteiger partial charge is 0.251 e. The highest BCUT2D eigenvalue weighted by molar-refractivity contribution is 9.10. The maximum absolute atomic E-state index is 12.1. The molecule has 0 aliphatic carbocycles. The number of benzene rings is 1. The van der Waals surface area contributed by atoms with Crippen LogP contribution in [0.15, 0.2) is 22.7 Å². The summed E-state index contributed by atoms with van der Waals surface area (Å²) in [7, 11) is 0. The number of piperidine rings is 1. The molecule has 1 aromatic rings. The van der Waals surface area contributed by atoms with E-state index in [1.54, 1.807) is 0 Å². The van der Waals surface area contributed by atoms with Crippen LogP contribution in [-0.4, -0.2) is 25.5 Å². The summed E-state index contributed by atoms with van der Waals surface area (Å²) in [6.45, 7) is 7.02. The van der Waals surface area contributed by atoms with Crippen LogP contribution >= 0.6 is 28.3 Å². The molecule has 1 atom stereocenters. The summed E-state index contributed by atoms with van der Waals surface area (Å²) in [6.07, 6.45) is 2.35. The summed E-state index contributed by atoms with van der Waals surface area (Å²) in [5.41, 5.74) is 1.99. The molecule has 1 unspecified atom stereocenters. The number of hydrogen-bond donors (Lipinski definition) is 2. The number of rotatable bonds is 3. The highest BCUT2D eigenvalue weighted by Gasteiger charge is 2.27. The third-order valence-electron chi connectivity index (χ3n) is 3.78. The van der Waals surface area contributed by atoms with Gasteiger partial charge in [-0.05, 0) is 55.5 Å². The van der Waals surface area contributed by atoms with Crippen LogP contribution in [0.25, 0.3) is 0 Å². The standard InChI is InChI=1S/C15H21BrN2O.ClH/c1-11-8-12(4-5-13(11)16)14(19)18-10-15(2)6-3-7-17-9-15;/h4-5,8,17H,3,6-7,9-10H2,1-2H3,(H,18,19);1H. The molecule has 1 aliphatic heterocycles. The number of hydrogen-bond acceptors (Lipinski definition) is 2. The minimum atomic E-state index is 0. The van der Waals surface area contributed by atoms with Crippen molar-refractivity contribution in [1.82, 2.24) is 10.6 Å². The zero-order valence-corrected chi connectivity index (χ0v) is 14.4. The Labute approximate surface area is 135 Å². The second kappa shape index (κ2) is 7.43. The lowest BCUT2D eigenvalue weighted by Gasteiger charge is -2.34. The summed E-state index contributed by atoms with van der Waals surface area (Å²) in [6, 6.07) is 5.70. The zero-order chi connectivity index (χ0) is 13.9. The minimum Gasteiger partial charge on any atom is -0.351 e. The molecule has 1 heterocycles. The van der Waals surface area contributed by atoms with Gasteiger partial charge in [0.15, 0.2) is 0 Å². The molecule has 0 bridgehead atoms. The van der Waals surface area contributed by atoms with Gasteiger partial charge >= 0.3 is 0 Å². The SMILES string of the molecule is Cc1cc(C(=O)NCC2(C)CCCNC2)ccc1Br.Cl. The van der Waals surface area contributed by atoms with Crippen molar-refractivity contribution in [2.45, 2.75) is 26.7 Å². The van der Waals surface area contributed by atoms with E-state index in [1.807, 2.05) is 25.1 Å². The maximum Gasteiger partial charge on any atom is 0.251 e. The van der Waals surface area contributed by atoms with Crippen LogP contribution in [0.1, 0.15) is 35.7 Å². The summed E-state index contributed by atoms with van der Waals surface area (Å²) < 4.78 is 1.03. The van der Waals surface area contributed by atoms with Gasteiger partial charge in [-0.25, -0.2) is 0 Å². The molecule has 2 rings (SSSR count).